The third-order valence-electron chi connectivity index (χ3n) is 3.70. The molecule has 25 heavy (non-hydrogen) atoms. The molecule has 2 aromatic heterocycles. The topological polar surface area (TPSA) is 38.9 Å². The summed E-state index contributed by atoms with van der Waals surface area (Å²) in [4.78, 5) is 9.25. The van der Waals surface area contributed by atoms with Crippen LogP contribution in [0.1, 0.15) is 10.7 Å². The molecule has 3 nitrogen and oxygen atoms in total. The third kappa shape index (κ3) is 3.67. The van der Waals surface area contributed by atoms with Gasteiger partial charge in [0, 0.05) is 22.3 Å². The highest BCUT2D eigenvalue weighted by atomic mass is 32.2. The van der Waals surface area contributed by atoms with Crippen molar-refractivity contribution < 1.29 is 4.42 Å². The molecule has 2 aromatic carbocycles. The first kappa shape index (κ1) is 16.1. The Labute approximate surface area is 154 Å². The standard InChI is InChI=1S/C20H16N2OS2/c1-14-21-17(12-24-14)13-25-20-22-18(15-8-4-2-5-9-15)19(23-20)16-10-6-3-7-11-16/h2-12H,13H2,1H3. The van der Waals surface area contributed by atoms with Crippen LogP contribution in [-0.4, -0.2) is 9.97 Å². The van der Waals surface area contributed by atoms with Gasteiger partial charge in [-0.2, -0.15) is 0 Å². The lowest BCUT2D eigenvalue weighted by Crippen LogP contribution is -1.82. The minimum absolute atomic E-state index is 0.670. The van der Waals surface area contributed by atoms with Gasteiger partial charge in [0.25, 0.3) is 5.22 Å². The molecule has 0 atom stereocenters. The van der Waals surface area contributed by atoms with Gasteiger partial charge in [0.1, 0.15) is 5.69 Å². The average Bonchev–Trinajstić information content (AvgIpc) is 3.28. The highest BCUT2D eigenvalue weighted by molar-refractivity contribution is 7.98. The van der Waals surface area contributed by atoms with Crippen LogP contribution < -0.4 is 0 Å². The Hall–Kier alpha value is -2.37. The van der Waals surface area contributed by atoms with Crippen molar-refractivity contribution in [1.29, 1.82) is 0 Å². The molecular weight excluding hydrogens is 348 g/mol. The second-order valence-corrected chi connectivity index (χ2v) is 7.52. The predicted molar refractivity (Wildman–Crippen MR) is 104 cm³/mol. The fourth-order valence-electron chi connectivity index (χ4n) is 2.55. The Morgan fingerprint density at radius 3 is 2.24 bits per heavy atom. The van der Waals surface area contributed by atoms with Crippen LogP contribution in [0.2, 0.25) is 0 Å². The molecule has 0 radical (unpaired) electrons. The summed E-state index contributed by atoms with van der Waals surface area (Å²) < 4.78 is 6.11. The molecular formula is C20H16N2OS2. The molecule has 0 aliphatic rings. The van der Waals surface area contributed by atoms with Crippen molar-refractivity contribution >= 4 is 23.1 Å². The van der Waals surface area contributed by atoms with E-state index in [1.807, 2.05) is 55.5 Å². The summed E-state index contributed by atoms with van der Waals surface area (Å²) in [6.45, 7) is 2.02. The van der Waals surface area contributed by atoms with E-state index in [2.05, 4.69) is 22.5 Å². The summed E-state index contributed by atoms with van der Waals surface area (Å²) in [6, 6.07) is 20.3. The van der Waals surface area contributed by atoms with Crippen LogP contribution in [0.5, 0.6) is 0 Å². The van der Waals surface area contributed by atoms with Gasteiger partial charge in [-0.1, -0.05) is 72.4 Å². The Morgan fingerprint density at radius 1 is 0.920 bits per heavy atom. The number of aromatic nitrogens is 2. The van der Waals surface area contributed by atoms with Gasteiger partial charge < -0.3 is 4.42 Å². The van der Waals surface area contributed by atoms with E-state index in [1.54, 1.807) is 23.1 Å². The van der Waals surface area contributed by atoms with Gasteiger partial charge in [0.15, 0.2) is 5.76 Å². The van der Waals surface area contributed by atoms with Gasteiger partial charge in [-0.05, 0) is 6.92 Å². The highest BCUT2D eigenvalue weighted by Gasteiger charge is 2.17. The summed E-state index contributed by atoms with van der Waals surface area (Å²) in [5, 5.41) is 3.84. The zero-order valence-electron chi connectivity index (χ0n) is 13.7. The minimum atomic E-state index is 0.670. The molecule has 0 aliphatic carbocycles. The molecule has 0 saturated heterocycles. The Morgan fingerprint density at radius 2 is 1.60 bits per heavy atom. The number of thioether (sulfide) groups is 1. The van der Waals surface area contributed by atoms with Crippen molar-refractivity contribution in [1.82, 2.24) is 9.97 Å². The summed E-state index contributed by atoms with van der Waals surface area (Å²) in [5.41, 5.74) is 4.03. The first-order chi connectivity index (χ1) is 12.3. The molecule has 0 spiro atoms. The van der Waals surface area contributed by atoms with Crippen molar-refractivity contribution in [3.05, 3.63) is 76.7 Å². The summed E-state index contributed by atoms with van der Waals surface area (Å²) in [7, 11) is 0. The normalized spacial score (nSPS) is 10.9. The number of aryl methyl sites for hydroxylation is 1. The van der Waals surface area contributed by atoms with E-state index in [4.69, 9.17) is 9.40 Å². The number of thiazole rings is 1. The molecule has 2 heterocycles. The van der Waals surface area contributed by atoms with E-state index in [0.29, 0.717) is 5.22 Å². The van der Waals surface area contributed by atoms with E-state index < -0.39 is 0 Å². The molecule has 5 heteroatoms. The molecule has 0 N–H and O–H groups in total. The lowest BCUT2D eigenvalue weighted by atomic mass is 10.1. The van der Waals surface area contributed by atoms with E-state index >= 15 is 0 Å². The van der Waals surface area contributed by atoms with E-state index in [1.165, 1.54) is 0 Å². The van der Waals surface area contributed by atoms with Crippen LogP contribution >= 0.6 is 23.1 Å². The maximum atomic E-state index is 6.11. The molecule has 0 amide bonds. The van der Waals surface area contributed by atoms with Crippen molar-refractivity contribution in [2.45, 2.75) is 17.9 Å². The van der Waals surface area contributed by atoms with Crippen LogP contribution in [0, 0.1) is 6.92 Å². The van der Waals surface area contributed by atoms with Gasteiger partial charge >= 0.3 is 0 Å². The maximum Gasteiger partial charge on any atom is 0.257 e. The number of nitrogens with zero attached hydrogens (tertiary/aromatic N) is 2. The molecule has 0 fully saturated rings. The van der Waals surface area contributed by atoms with Crippen molar-refractivity contribution in [2.24, 2.45) is 0 Å². The Bertz CT molecular complexity index is 905. The van der Waals surface area contributed by atoms with Crippen LogP contribution in [0.25, 0.3) is 22.6 Å². The van der Waals surface area contributed by atoms with Crippen molar-refractivity contribution in [3.8, 4) is 22.6 Å². The van der Waals surface area contributed by atoms with Crippen molar-refractivity contribution in [3.63, 3.8) is 0 Å². The van der Waals surface area contributed by atoms with Crippen LogP contribution in [0.3, 0.4) is 0 Å². The monoisotopic (exact) mass is 364 g/mol. The van der Waals surface area contributed by atoms with E-state index in [-0.39, 0.29) is 0 Å². The number of benzene rings is 2. The fraction of sp³-hybridized carbons (Fsp3) is 0.100. The molecule has 4 aromatic rings. The number of hydrogen-bond donors (Lipinski definition) is 0. The van der Waals surface area contributed by atoms with Crippen LogP contribution in [0.15, 0.2) is 75.7 Å². The largest absolute Gasteiger partial charge is 0.431 e. The van der Waals surface area contributed by atoms with Crippen molar-refractivity contribution in [2.75, 3.05) is 0 Å². The van der Waals surface area contributed by atoms with Crippen LogP contribution in [0.4, 0.5) is 0 Å². The lowest BCUT2D eigenvalue weighted by molar-refractivity contribution is 0.466. The van der Waals surface area contributed by atoms with Gasteiger partial charge in [-0.15, -0.1) is 11.3 Å². The highest BCUT2D eigenvalue weighted by Crippen LogP contribution is 2.36. The Balaban J connectivity index is 1.68. The first-order valence-corrected chi connectivity index (χ1v) is 9.81. The minimum Gasteiger partial charge on any atom is -0.431 e. The molecule has 0 saturated carbocycles. The van der Waals surface area contributed by atoms with E-state index in [9.17, 15) is 0 Å². The average molecular weight is 364 g/mol. The second-order valence-electron chi connectivity index (χ2n) is 5.54. The SMILES string of the molecule is Cc1nc(CSc2nc(-c3ccccc3)c(-c3ccccc3)o2)cs1. The molecule has 0 unspecified atom stereocenters. The van der Waals surface area contributed by atoms with Gasteiger partial charge in [-0.3, -0.25) is 0 Å². The third-order valence-corrected chi connectivity index (χ3v) is 5.38. The quantitative estimate of drug-likeness (QED) is 0.403. The Kier molecular flexibility index (Phi) is 4.68. The number of oxazole rings is 1. The molecule has 0 bridgehead atoms. The molecule has 0 aliphatic heterocycles. The summed E-state index contributed by atoms with van der Waals surface area (Å²) >= 11 is 3.24. The number of hydrogen-bond acceptors (Lipinski definition) is 5. The lowest BCUT2D eigenvalue weighted by Gasteiger charge is -2.00. The molecule has 4 rings (SSSR count). The zero-order chi connectivity index (χ0) is 17.1. The smallest absolute Gasteiger partial charge is 0.257 e. The fourth-order valence-corrected chi connectivity index (χ4v) is 3.98. The second kappa shape index (κ2) is 7.25. The summed E-state index contributed by atoms with van der Waals surface area (Å²) in [6.07, 6.45) is 0. The first-order valence-electron chi connectivity index (χ1n) is 7.95. The molecule has 124 valence electrons. The van der Waals surface area contributed by atoms with Gasteiger partial charge in [0.05, 0.1) is 10.7 Å². The predicted octanol–water partition coefficient (Wildman–Crippen LogP) is 6.07. The summed E-state index contributed by atoms with van der Waals surface area (Å²) in [5.74, 6) is 1.57. The van der Waals surface area contributed by atoms with Gasteiger partial charge in [0.2, 0.25) is 0 Å². The van der Waals surface area contributed by atoms with E-state index in [0.717, 1.165) is 39.0 Å². The zero-order valence-corrected chi connectivity index (χ0v) is 15.3. The maximum absolute atomic E-state index is 6.11. The van der Waals surface area contributed by atoms with Crippen LogP contribution in [-0.2, 0) is 5.75 Å². The number of rotatable bonds is 5. The van der Waals surface area contributed by atoms with Gasteiger partial charge in [-0.25, -0.2) is 9.97 Å².